The fourth-order valence-corrected chi connectivity index (χ4v) is 3.71. The molecule has 5 nitrogen and oxygen atoms in total. The van der Waals surface area contributed by atoms with Crippen molar-refractivity contribution in [3.05, 3.63) is 24.3 Å². The van der Waals surface area contributed by atoms with E-state index in [1.165, 1.54) is 0 Å². The fourth-order valence-electron chi connectivity index (χ4n) is 3.71. The first kappa shape index (κ1) is 15.8. The Morgan fingerprint density at radius 3 is 2.65 bits per heavy atom. The monoisotopic (exact) mass is 316 g/mol. The van der Waals surface area contributed by atoms with Crippen LogP contribution in [-0.2, 0) is 9.59 Å². The summed E-state index contributed by atoms with van der Waals surface area (Å²) in [6.45, 7) is 2.76. The molecule has 1 aliphatic carbocycles. The number of piperazine rings is 1. The standard InChI is InChI=1S/C18H24N2O3/c1-13-11-19(18(22)14-6-3-4-7-14)12-17(21)20(13)15-8-5-9-16(10-15)23-2/h5,8-10,13-14H,3-4,6-7,11-12H2,1-2H3/t13-/m0/s1. The molecular formula is C18H24N2O3. The molecule has 1 aliphatic heterocycles. The Bertz CT molecular complexity index is 596. The molecule has 1 heterocycles. The summed E-state index contributed by atoms with van der Waals surface area (Å²) in [7, 11) is 1.61. The maximum Gasteiger partial charge on any atom is 0.246 e. The van der Waals surface area contributed by atoms with Crippen molar-refractivity contribution in [3.63, 3.8) is 0 Å². The van der Waals surface area contributed by atoms with Crippen LogP contribution in [-0.4, -0.2) is 43.0 Å². The maximum absolute atomic E-state index is 12.6. The predicted molar refractivity (Wildman–Crippen MR) is 88.5 cm³/mol. The SMILES string of the molecule is COc1cccc(N2C(=O)CN(C(=O)C3CCCC3)C[C@@H]2C)c1. The smallest absolute Gasteiger partial charge is 0.246 e. The summed E-state index contributed by atoms with van der Waals surface area (Å²) in [5.74, 6) is 0.988. The molecule has 124 valence electrons. The highest BCUT2D eigenvalue weighted by atomic mass is 16.5. The van der Waals surface area contributed by atoms with Crippen LogP contribution in [0.15, 0.2) is 24.3 Å². The van der Waals surface area contributed by atoms with Crippen molar-refractivity contribution in [1.82, 2.24) is 4.90 Å². The number of nitrogens with zero attached hydrogens (tertiary/aromatic N) is 2. The lowest BCUT2D eigenvalue weighted by molar-refractivity contribution is -0.140. The Morgan fingerprint density at radius 1 is 1.26 bits per heavy atom. The summed E-state index contributed by atoms with van der Waals surface area (Å²) in [5.41, 5.74) is 0.829. The summed E-state index contributed by atoms with van der Waals surface area (Å²) in [4.78, 5) is 28.7. The molecule has 2 aliphatic rings. The second kappa shape index (κ2) is 6.60. The Labute approximate surface area is 137 Å². The van der Waals surface area contributed by atoms with Gasteiger partial charge in [-0.05, 0) is 31.9 Å². The lowest BCUT2D eigenvalue weighted by Crippen LogP contribution is -2.57. The van der Waals surface area contributed by atoms with E-state index in [1.807, 2.05) is 31.2 Å². The zero-order valence-corrected chi connectivity index (χ0v) is 13.8. The van der Waals surface area contributed by atoms with Gasteiger partial charge in [0.15, 0.2) is 0 Å². The third-order valence-electron chi connectivity index (χ3n) is 4.87. The van der Waals surface area contributed by atoms with Gasteiger partial charge in [0.2, 0.25) is 11.8 Å². The van der Waals surface area contributed by atoms with Gasteiger partial charge in [0.1, 0.15) is 12.3 Å². The first-order valence-electron chi connectivity index (χ1n) is 8.35. The number of hydrogen-bond donors (Lipinski definition) is 0. The highest BCUT2D eigenvalue weighted by molar-refractivity contribution is 5.98. The Morgan fingerprint density at radius 2 is 2.00 bits per heavy atom. The first-order chi connectivity index (χ1) is 11.1. The number of carbonyl (C=O) groups is 2. The number of hydrogen-bond acceptors (Lipinski definition) is 3. The van der Waals surface area contributed by atoms with Crippen molar-refractivity contribution in [2.24, 2.45) is 5.92 Å². The maximum atomic E-state index is 12.6. The molecule has 0 radical (unpaired) electrons. The minimum atomic E-state index is -0.0336. The average Bonchev–Trinajstić information content (AvgIpc) is 3.08. The molecule has 1 atom stereocenters. The number of rotatable bonds is 3. The highest BCUT2D eigenvalue weighted by Gasteiger charge is 2.36. The molecule has 0 unspecified atom stereocenters. The minimum absolute atomic E-state index is 0.0247. The zero-order valence-electron chi connectivity index (χ0n) is 13.8. The van der Waals surface area contributed by atoms with Crippen molar-refractivity contribution in [3.8, 4) is 5.75 Å². The average molecular weight is 316 g/mol. The third kappa shape index (κ3) is 3.19. The van der Waals surface area contributed by atoms with Gasteiger partial charge in [-0.25, -0.2) is 0 Å². The first-order valence-corrected chi connectivity index (χ1v) is 8.35. The van der Waals surface area contributed by atoms with Crippen LogP contribution in [0.2, 0.25) is 0 Å². The molecule has 2 amide bonds. The van der Waals surface area contributed by atoms with E-state index in [4.69, 9.17) is 4.74 Å². The van der Waals surface area contributed by atoms with Crippen LogP contribution >= 0.6 is 0 Å². The molecular weight excluding hydrogens is 292 g/mol. The zero-order chi connectivity index (χ0) is 16.4. The number of anilines is 1. The van der Waals surface area contributed by atoms with Gasteiger partial charge in [0.05, 0.1) is 13.2 Å². The Hall–Kier alpha value is -2.04. The van der Waals surface area contributed by atoms with Crippen LogP contribution in [0.4, 0.5) is 5.69 Å². The predicted octanol–water partition coefficient (Wildman–Crippen LogP) is 2.45. The Balaban J connectivity index is 1.74. The number of ether oxygens (including phenoxy) is 1. The van der Waals surface area contributed by atoms with Gasteiger partial charge in [0, 0.05) is 24.2 Å². The number of benzene rings is 1. The highest BCUT2D eigenvalue weighted by Crippen LogP contribution is 2.29. The minimum Gasteiger partial charge on any atom is -0.497 e. The van der Waals surface area contributed by atoms with Crippen molar-refractivity contribution >= 4 is 17.5 Å². The van der Waals surface area contributed by atoms with Gasteiger partial charge in [-0.2, -0.15) is 0 Å². The van der Waals surface area contributed by atoms with E-state index >= 15 is 0 Å². The molecule has 1 saturated heterocycles. The van der Waals surface area contributed by atoms with Crippen LogP contribution in [0.1, 0.15) is 32.6 Å². The molecule has 3 rings (SSSR count). The van der Waals surface area contributed by atoms with E-state index in [9.17, 15) is 9.59 Å². The molecule has 23 heavy (non-hydrogen) atoms. The largest absolute Gasteiger partial charge is 0.497 e. The van der Waals surface area contributed by atoms with E-state index in [0.29, 0.717) is 6.54 Å². The van der Waals surface area contributed by atoms with Crippen LogP contribution < -0.4 is 9.64 Å². The Kier molecular flexibility index (Phi) is 4.55. The van der Waals surface area contributed by atoms with Crippen molar-refractivity contribution in [2.45, 2.75) is 38.6 Å². The van der Waals surface area contributed by atoms with E-state index in [-0.39, 0.29) is 30.3 Å². The van der Waals surface area contributed by atoms with Crippen molar-refractivity contribution in [1.29, 1.82) is 0 Å². The molecule has 0 N–H and O–H groups in total. The summed E-state index contributed by atoms with van der Waals surface area (Å²) in [6, 6.07) is 7.48. The van der Waals surface area contributed by atoms with E-state index in [0.717, 1.165) is 37.1 Å². The normalized spacial score (nSPS) is 22.5. The molecule has 0 bridgehead atoms. The quantitative estimate of drug-likeness (QED) is 0.860. The summed E-state index contributed by atoms with van der Waals surface area (Å²) >= 11 is 0. The van der Waals surface area contributed by atoms with E-state index < -0.39 is 0 Å². The van der Waals surface area contributed by atoms with Gasteiger partial charge in [-0.3, -0.25) is 9.59 Å². The topological polar surface area (TPSA) is 49.9 Å². The summed E-state index contributed by atoms with van der Waals surface area (Å²) in [5, 5.41) is 0. The lowest BCUT2D eigenvalue weighted by atomic mass is 10.0. The second-order valence-electron chi connectivity index (χ2n) is 6.51. The number of methoxy groups -OCH3 is 1. The molecule has 1 aromatic carbocycles. The number of amides is 2. The molecule has 2 fully saturated rings. The van der Waals surface area contributed by atoms with Gasteiger partial charge in [-0.1, -0.05) is 18.9 Å². The van der Waals surface area contributed by atoms with Gasteiger partial charge < -0.3 is 14.5 Å². The van der Waals surface area contributed by atoms with Crippen LogP contribution in [0.25, 0.3) is 0 Å². The van der Waals surface area contributed by atoms with Crippen LogP contribution in [0.5, 0.6) is 5.75 Å². The van der Waals surface area contributed by atoms with Gasteiger partial charge in [-0.15, -0.1) is 0 Å². The molecule has 5 heteroatoms. The van der Waals surface area contributed by atoms with E-state index in [1.54, 1.807) is 16.9 Å². The summed E-state index contributed by atoms with van der Waals surface area (Å²) < 4.78 is 5.24. The van der Waals surface area contributed by atoms with Gasteiger partial charge in [0.25, 0.3) is 0 Å². The second-order valence-corrected chi connectivity index (χ2v) is 6.51. The molecule has 1 aromatic rings. The van der Waals surface area contributed by atoms with Crippen molar-refractivity contribution < 1.29 is 14.3 Å². The van der Waals surface area contributed by atoms with E-state index in [2.05, 4.69) is 0 Å². The molecule has 1 saturated carbocycles. The van der Waals surface area contributed by atoms with Gasteiger partial charge >= 0.3 is 0 Å². The summed E-state index contributed by atoms with van der Waals surface area (Å²) in [6.07, 6.45) is 4.20. The molecule has 0 spiro atoms. The molecule has 0 aromatic heterocycles. The third-order valence-corrected chi connectivity index (χ3v) is 4.87. The van der Waals surface area contributed by atoms with Crippen LogP contribution in [0.3, 0.4) is 0 Å². The lowest BCUT2D eigenvalue weighted by Gasteiger charge is -2.40. The number of carbonyl (C=O) groups excluding carboxylic acids is 2. The fraction of sp³-hybridized carbons (Fsp3) is 0.556. The van der Waals surface area contributed by atoms with Crippen LogP contribution in [0, 0.1) is 5.92 Å². The van der Waals surface area contributed by atoms with Crippen molar-refractivity contribution in [2.75, 3.05) is 25.1 Å².